The summed E-state index contributed by atoms with van der Waals surface area (Å²) in [6.45, 7) is 11.6. The van der Waals surface area contributed by atoms with Gasteiger partial charge in [-0.1, -0.05) is 34.6 Å². The van der Waals surface area contributed by atoms with E-state index in [-0.39, 0.29) is 17.2 Å². The Labute approximate surface area is 110 Å². The van der Waals surface area contributed by atoms with Gasteiger partial charge in [0.2, 0.25) is 5.91 Å². The van der Waals surface area contributed by atoms with Crippen LogP contribution in [0.25, 0.3) is 0 Å². The van der Waals surface area contributed by atoms with Crippen molar-refractivity contribution in [2.24, 2.45) is 17.3 Å². The molecule has 0 aliphatic carbocycles. The molecule has 1 saturated heterocycles. The minimum Gasteiger partial charge on any atom is -0.447 e. The number of ether oxygens (including phenoxy) is 1. The zero-order valence-corrected chi connectivity index (χ0v) is 12.2. The Morgan fingerprint density at radius 3 is 2.39 bits per heavy atom. The molecule has 4 heteroatoms. The lowest BCUT2D eigenvalue weighted by molar-refractivity contribution is -0.129. The third kappa shape index (κ3) is 4.31. The largest absolute Gasteiger partial charge is 0.447 e. The van der Waals surface area contributed by atoms with Crippen molar-refractivity contribution in [2.45, 2.75) is 47.5 Å². The number of cyclic esters (lactones) is 1. The number of nitrogens with zero attached hydrogens (tertiary/aromatic N) is 1. The van der Waals surface area contributed by atoms with E-state index in [2.05, 4.69) is 34.6 Å². The second kappa shape index (κ2) is 5.72. The molecule has 0 aromatic rings. The fourth-order valence-electron chi connectivity index (χ4n) is 2.37. The number of amides is 2. The van der Waals surface area contributed by atoms with E-state index >= 15 is 0 Å². The molecular formula is C14H25NO3. The van der Waals surface area contributed by atoms with Gasteiger partial charge in [-0.3, -0.25) is 4.79 Å². The second-order valence-corrected chi connectivity index (χ2v) is 6.58. The van der Waals surface area contributed by atoms with Crippen LogP contribution in [0.2, 0.25) is 0 Å². The summed E-state index contributed by atoms with van der Waals surface area (Å²) in [6.07, 6.45) is 1.01. The molecule has 1 rings (SSSR count). The Morgan fingerprint density at radius 2 is 1.94 bits per heavy atom. The monoisotopic (exact) mass is 255 g/mol. The van der Waals surface area contributed by atoms with Gasteiger partial charge in [0.05, 0.1) is 6.54 Å². The molecule has 0 bridgehead atoms. The van der Waals surface area contributed by atoms with Crippen LogP contribution in [0.4, 0.5) is 4.79 Å². The van der Waals surface area contributed by atoms with Crippen molar-refractivity contribution in [2.75, 3.05) is 13.2 Å². The fraction of sp³-hybridized carbons (Fsp3) is 0.857. The summed E-state index contributed by atoms with van der Waals surface area (Å²) in [5, 5.41) is 0. The normalized spacial score (nSPS) is 19.6. The van der Waals surface area contributed by atoms with Crippen LogP contribution in [0.3, 0.4) is 0 Å². The SMILES string of the molecule is C[C@H](CC(=O)N1CCOC1=O)[C@H](C)CC(C)(C)C. The molecule has 1 aliphatic rings. The van der Waals surface area contributed by atoms with Gasteiger partial charge < -0.3 is 4.74 Å². The van der Waals surface area contributed by atoms with Crippen LogP contribution in [-0.4, -0.2) is 30.1 Å². The van der Waals surface area contributed by atoms with E-state index < -0.39 is 6.09 Å². The quantitative estimate of drug-likeness (QED) is 0.775. The van der Waals surface area contributed by atoms with Gasteiger partial charge >= 0.3 is 6.09 Å². The van der Waals surface area contributed by atoms with Crippen molar-refractivity contribution >= 4 is 12.0 Å². The molecule has 0 N–H and O–H groups in total. The number of hydrogen-bond acceptors (Lipinski definition) is 3. The van der Waals surface area contributed by atoms with E-state index in [1.807, 2.05) is 0 Å². The standard InChI is InChI=1S/C14H25NO3/c1-10(11(2)9-14(3,4)5)8-12(16)15-6-7-18-13(15)17/h10-11H,6-9H2,1-5H3/t10-,11-/m1/s1. The lowest BCUT2D eigenvalue weighted by Crippen LogP contribution is -2.33. The summed E-state index contributed by atoms with van der Waals surface area (Å²) in [4.78, 5) is 24.5. The Balaban J connectivity index is 2.46. The molecule has 1 heterocycles. The van der Waals surface area contributed by atoms with Gasteiger partial charge in [-0.05, 0) is 23.7 Å². The number of carbonyl (C=O) groups is 2. The molecule has 0 saturated carbocycles. The zero-order chi connectivity index (χ0) is 13.9. The lowest BCUT2D eigenvalue weighted by Gasteiger charge is -2.27. The predicted molar refractivity (Wildman–Crippen MR) is 70.1 cm³/mol. The van der Waals surface area contributed by atoms with Crippen LogP contribution < -0.4 is 0 Å². The molecule has 1 aliphatic heterocycles. The molecular weight excluding hydrogens is 230 g/mol. The zero-order valence-electron chi connectivity index (χ0n) is 12.2. The van der Waals surface area contributed by atoms with E-state index in [4.69, 9.17) is 4.74 Å². The molecule has 104 valence electrons. The van der Waals surface area contributed by atoms with Crippen LogP contribution in [0.15, 0.2) is 0 Å². The van der Waals surface area contributed by atoms with Crippen LogP contribution in [0, 0.1) is 17.3 Å². The molecule has 1 fully saturated rings. The van der Waals surface area contributed by atoms with Crippen molar-refractivity contribution < 1.29 is 14.3 Å². The molecule has 0 radical (unpaired) electrons. The van der Waals surface area contributed by atoms with Crippen molar-refractivity contribution in [1.82, 2.24) is 4.90 Å². The van der Waals surface area contributed by atoms with Gasteiger partial charge in [0.25, 0.3) is 0 Å². The summed E-state index contributed by atoms with van der Waals surface area (Å²) in [7, 11) is 0. The summed E-state index contributed by atoms with van der Waals surface area (Å²) < 4.78 is 4.78. The highest BCUT2D eigenvalue weighted by atomic mass is 16.6. The lowest BCUT2D eigenvalue weighted by atomic mass is 9.79. The first-order valence-electron chi connectivity index (χ1n) is 6.68. The summed E-state index contributed by atoms with van der Waals surface area (Å²) in [5.41, 5.74) is 0.267. The molecule has 4 nitrogen and oxygen atoms in total. The Morgan fingerprint density at radius 1 is 1.33 bits per heavy atom. The van der Waals surface area contributed by atoms with Crippen molar-refractivity contribution in [3.63, 3.8) is 0 Å². The molecule has 0 aromatic carbocycles. The predicted octanol–water partition coefficient (Wildman–Crippen LogP) is 3.06. The van der Waals surface area contributed by atoms with Crippen molar-refractivity contribution in [1.29, 1.82) is 0 Å². The molecule has 2 atom stereocenters. The Kier molecular flexibility index (Phi) is 4.77. The van der Waals surface area contributed by atoms with E-state index in [0.717, 1.165) is 6.42 Å². The average molecular weight is 255 g/mol. The van der Waals surface area contributed by atoms with Crippen LogP contribution in [-0.2, 0) is 9.53 Å². The van der Waals surface area contributed by atoms with Crippen LogP contribution >= 0.6 is 0 Å². The molecule has 2 amide bonds. The third-order valence-electron chi connectivity index (χ3n) is 3.46. The van der Waals surface area contributed by atoms with Crippen LogP contribution in [0.5, 0.6) is 0 Å². The topological polar surface area (TPSA) is 46.6 Å². The van der Waals surface area contributed by atoms with E-state index in [0.29, 0.717) is 25.5 Å². The van der Waals surface area contributed by atoms with E-state index in [1.165, 1.54) is 4.90 Å². The van der Waals surface area contributed by atoms with Crippen molar-refractivity contribution in [3.05, 3.63) is 0 Å². The minimum absolute atomic E-state index is 0.106. The highest BCUT2D eigenvalue weighted by Gasteiger charge is 2.30. The molecule has 0 aromatic heterocycles. The number of hydrogen-bond donors (Lipinski definition) is 0. The van der Waals surface area contributed by atoms with Gasteiger partial charge in [-0.15, -0.1) is 0 Å². The van der Waals surface area contributed by atoms with Gasteiger partial charge in [0.15, 0.2) is 0 Å². The van der Waals surface area contributed by atoms with Gasteiger partial charge in [-0.25, -0.2) is 9.69 Å². The molecule has 0 unspecified atom stereocenters. The maximum absolute atomic E-state index is 12.0. The van der Waals surface area contributed by atoms with E-state index in [1.54, 1.807) is 0 Å². The van der Waals surface area contributed by atoms with E-state index in [9.17, 15) is 9.59 Å². The maximum Gasteiger partial charge on any atom is 0.416 e. The number of carbonyl (C=O) groups excluding carboxylic acids is 2. The third-order valence-corrected chi connectivity index (χ3v) is 3.46. The highest BCUT2D eigenvalue weighted by molar-refractivity contribution is 5.93. The first-order chi connectivity index (χ1) is 8.20. The second-order valence-electron chi connectivity index (χ2n) is 6.58. The smallest absolute Gasteiger partial charge is 0.416 e. The first-order valence-corrected chi connectivity index (χ1v) is 6.68. The fourth-order valence-corrected chi connectivity index (χ4v) is 2.37. The average Bonchev–Trinajstić information content (AvgIpc) is 2.61. The first kappa shape index (κ1) is 15.0. The molecule has 0 spiro atoms. The Hall–Kier alpha value is -1.06. The Bertz CT molecular complexity index is 319. The molecule has 18 heavy (non-hydrogen) atoms. The van der Waals surface area contributed by atoms with Gasteiger partial charge in [0.1, 0.15) is 6.61 Å². The summed E-state index contributed by atoms with van der Waals surface area (Å²) in [6, 6.07) is 0. The maximum atomic E-state index is 12.0. The van der Waals surface area contributed by atoms with Crippen LogP contribution in [0.1, 0.15) is 47.5 Å². The van der Waals surface area contributed by atoms with Crippen molar-refractivity contribution in [3.8, 4) is 0 Å². The number of rotatable bonds is 4. The van der Waals surface area contributed by atoms with Gasteiger partial charge in [0, 0.05) is 6.42 Å². The van der Waals surface area contributed by atoms with Gasteiger partial charge in [-0.2, -0.15) is 0 Å². The summed E-state index contributed by atoms with van der Waals surface area (Å²) >= 11 is 0. The summed E-state index contributed by atoms with van der Waals surface area (Å²) in [5.74, 6) is 0.642. The number of imide groups is 1. The highest BCUT2D eigenvalue weighted by Crippen LogP contribution is 2.30. The minimum atomic E-state index is -0.490.